The van der Waals surface area contributed by atoms with E-state index in [1.165, 1.54) is 0 Å². The number of phenolic OH excluding ortho intramolecular Hbond substituents is 1. The van der Waals surface area contributed by atoms with Gasteiger partial charge in [0.25, 0.3) is 11.4 Å². The summed E-state index contributed by atoms with van der Waals surface area (Å²) in [5, 5.41) is 31.9. The molecule has 0 aliphatic rings. The number of phenols is 1. The Bertz CT molecular complexity index is 911. The van der Waals surface area contributed by atoms with Gasteiger partial charge in [-0.2, -0.15) is 0 Å². The highest BCUT2D eigenvalue weighted by Crippen LogP contribution is 2.25. The van der Waals surface area contributed by atoms with Gasteiger partial charge in [-0.1, -0.05) is 30.3 Å². The van der Waals surface area contributed by atoms with E-state index in [9.17, 15) is 20.2 Å². The van der Waals surface area contributed by atoms with E-state index in [0.29, 0.717) is 5.75 Å². The molecule has 0 aliphatic heterocycles. The number of rotatable bonds is 2. The summed E-state index contributed by atoms with van der Waals surface area (Å²) in [5.41, 5.74) is 4.34. The Morgan fingerprint density at radius 3 is 2.12 bits per heavy atom. The Morgan fingerprint density at radius 2 is 1.50 bits per heavy atom. The van der Waals surface area contributed by atoms with Gasteiger partial charge in [0.2, 0.25) is 0 Å². The van der Waals surface area contributed by atoms with Crippen molar-refractivity contribution in [3.05, 3.63) is 80.9 Å². The van der Waals surface area contributed by atoms with Gasteiger partial charge in [0.15, 0.2) is 0 Å². The van der Waals surface area contributed by atoms with Crippen molar-refractivity contribution in [2.45, 2.75) is 0 Å². The fourth-order valence-electron chi connectivity index (χ4n) is 1.98. The third kappa shape index (κ3) is 3.95. The van der Waals surface area contributed by atoms with Crippen LogP contribution in [0.25, 0.3) is 10.8 Å². The van der Waals surface area contributed by atoms with Crippen LogP contribution < -0.4 is 5.73 Å². The first-order chi connectivity index (χ1) is 11.4. The quantitative estimate of drug-likeness (QED) is 0.419. The van der Waals surface area contributed by atoms with Crippen molar-refractivity contribution >= 4 is 27.8 Å². The molecule has 0 aromatic heterocycles. The summed E-state index contributed by atoms with van der Waals surface area (Å²) in [6.07, 6.45) is 0. The zero-order valence-electron chi connectivity index (χ0n) is 12.3. The Morgan fingerprint density at radius 1 is 0.833 bits per heavy atom. The van der Waals surface area contributed by atoms with Crippen LogP contribution >= 0.6 is 0 Å². The summed E-state index contributed by atoms with van der Waals surface area (Å²) in [5.74, 6) is 0.323. The fraction of sp³-hybridized carbons (Fsp3) is 0. The average molecular weight is 327 g/mol. The first-order valence-corrected chi connectivity index (χ1v) is 6.74. The molecule has 0 heterocycles. The number of non-ortho nitro benzene ring substituents is 1. The number of nitrogens with zero attached hydrogens (tertiary/aromatic N) is 2. The molecule has 3 aromatic rings. The number of aromatic hydroxyl groups is 1. The summed E-state index contributed by atoms with van der Waals surface area (Å²) in [4.78, 5) is 19.1. The number of nitrogen functional groups attached to an aromatic ring is 1. The number of nitro groups is 2. The first kappa shape index (κ1) is 16.7. The van der Waals surface area contributed by atoms with Gasteiger partial charge in [-0.3, -0.25) is 20.2 Å². The van der Waals surface area contributed by atoms with Crippen molar-refractivity contribution in [1.82, 2.24) is 0 Å². The molecule has 0 spiro atoms. The maximum atomic E-state index is 10.3. The molecule has 0 saturated carbocycles. The highest BCUT2D eigenvalue weighted by molar-refractivity contribution is 5.83. The van der Waals surface area contributed by atoms with Crippen molar-refractivity contribution in [1.29, 1.82) is 0 Å². The van der Waals surface area contributed by atoms with Crippen molar-refractivity contribution in [3.8, 4) is 5.75 Å². The van der Waals surface area contributed by atoms with Gasteiger partial charge < -0.3 is 10.8 Å². The number of nitrogens with two attached hydrogens (primary N) is 1. The monoisotopic (exact) mass is 327 g/mol. The van der Waals surface area contributed by atoms with Crippen LogP contribution in [-0.2, 0) is 0 Å². The molecule has 0 bridgehead atoms. The summed E-state index contributed by atoms with van der Waals surface area (Å²) in [6.45, 7) is 0. The number of hydrogen-bond donors (Lipinski definition) is 2. The lowest BCUT2D eigenvalue weighted by molar-refractivity contribution is -0.393. The van der Waals surface area contributed by atoms with Gasteiger partial charge in [-0.05, 0) is 29.0 Å². The molecule has 3 N–H and O–H groups in total. The van der Waals surface area contributed by atoms with Crippen LogP contribution in [0, 0.1) is 20.2 Å². The first-order valence-electron chi connectivity index (χ1n) is 6.74. The standard InChI is InChI=1S/C10H8O.C6H5N3O4/c11-10-6-5-8-3-1-2-4-9(8)7-10;7-5-2-1-4(8(10)11)3-6(5)9(12)13/h1-7,11H;1-3H,7H2. The second-order valence-electron chi connectivity index (χ2n) is 4.79. The lowest BCUT2D eigenvalue weighted by Gasteiger charge is -1.96. The van der Waals surface area contributed by atoms with Gasteiger partial charge in [-0.25, -0.2) is 0 Å². The minimum Gasteiger partial charge on any atom is -0.508 e. The van der Waals surface area contributed by atoms with Crippen LogP contribution in [0.15, 0.2) is 60.7 Å². The summed E-state index contributed by atoms with van der Waals surface area (Å²) in [6, 6.07) is 16.4. The third-order valence-electron chi connectivity index (χ3n) is 3.15. The Hall–Kier alpha value is -3.68. The van der Waals surface area contributed by atoms with Crippen molar-refractivity contribution in [3.63, 3.8) is 0 Å². The molecule has 24 heavy (non-hydrogen) atoms. The van der Waals surface area contributed by atoms with Crippen LogP contribution in [0.2, 0.25) is 0 Å². The predicted molar refractivity (Wildman–Crippen MR) is 89.8 cm³/mol. The molecule has 0 radical (unpaired) electrons. The van der Waals surface area contributed by atoms with Gasteiger partial charge in [0.1, 0.15) is 11.4 Å². The molecule has 122 valence electrons. The molecule has 0 atom stereocenters. The topological polar surface area (TPSA) is 133 Å². The molecule has 3 aromatic carbocycles. The minimum absolute atomic E-state index is 0.0874. The van der Waals surface area contributed by atoms with Crippen LogP contribution in [0.3, 0.4) is 0 Å². The minimum atomic E-state index is -0.762. The average Bonchev–Trinajstić information content (AvgIpc) is 2.55. The van der Waals surface area contributed by atoms with E-state index in [4.69, 9.17) is 10.8 Å². The smallest absolute Gasteiger partial charge is 0.298 e. The Labute approximate surface area is 136 Å². The largest absolute Gasteiger partial charge is 0.508 e. The molecule has 0 saturated heterocycles. The van der Waals surface area contributed by atoms with E-state index >= 15 is 0 Å². The molecule has 0 unspecified atom stereocenters. The third-order valence-corrected chi connectivity index (χ3v) is 3.15. The van der Waals surface area contributed by atoms with E-state index in [1.807, 2.05) is 30.3 Å². The highest BCUT2D eigenvalue weighted by atomic mass is 16.6. The molecule has 3 rings (SSSR count). The molecule has 8 nitrogen and oxygen atoms in total. The summed E-state index contributed by atoms with van der Waals surface area (Å²) in [7, 11) is 0. The van der Waals surface area contributed by atoms with Gasteiger partial charge in [-0.15, -0.1) is 0 Å². The second kappa shape index (κ2) is 7.05. The van der Waals surface area contributed by atoms with Gasteiger partial charge >= 0.3 is 0 Å². The number of fused-ring (bicyclic) bond motifs is 1. The van der Waals surface area contributed by atoms with Crippen LogP contribution in [0.1, 0.15) is 0 Å². The maximum absolute atomic E-state index is 10.3. The van der Waals surface area contributed by atoms with E-state index in [0.717, 1.165) is 29.0 Å². The normalized spacial score (nSPS) is 9.83. The maximum Gasteiger partial charge on any atom is 0.298 e. The van der Waals surface area contributed by atoms with E-state index < -0.39 is 15.5 Å². The lowest BCUT2D eigenvalue weighted by Crippen LogP contribution is -1.97. The van der Waals surface area contributed by atoms with E-state index in [-0.39, 0.29) is 11.4 Å². The van der Waals surface area contributed by atoms with Crippen LogP contribution in [-0.4, -0.2) is 15.0 Å². The number of nitro benzene ring substituents is 2. The molecular formula is C16H13N3O5. The molecule has 0 fully saturated rings. The van der Waals surface area contributed by atoms with Crippen LogP contribution in [0.4, 0.5) is 17.1 Å². The molecule has 0 aliphatic carbocycles. The summed E-state index contributed by atoms with van der Waals surface area (Å²) >= 11 is 0. The highest BCUT2D eigenvalue weighted by Gasteiger charge is 2.16. The zero-order chi connectivity index (χ0) is 17.7. The van der Waals surface area contributed by atoms with Gasteiger partial charge in [0, 0.05) is 6.07 Å². The molecule has 0 amide bonds. The van der Waals surface area contributed by atoms with E-state index in [1.54, 1.807) is 12.1 Å². The number of hydrogen-bond acceptors (Lipinski definition) is 6. The Balaban J connectivity index is 0.000000175. The lowest BCUT2D eigenvalue weighted by atomic mass is 10.1. The van der Waals surface area contributed by atoms with Gasteiger partial charge in [0.05, 0.1) is 15.9 Å². The number of anilines is 1. The summed E-state index contributed by atoms with van der Waals surface area (Å²) < 4.78 is 0. The predicted octanol–water partition coefficient (Wildman–Crippen LogP) is 3.63. The molecular weight excluding hydrogens is 314 g/mol. The fourth-order valence-corrected chi connectivity index (χ4v) is 1.98. The Kier molecular flexibility index (Phi) is 4.90. The van der Waals surface area contributed by atoms with Crippen molar-refractivity contribution in [2.24, 2.45) is 0 Å². The SMILES string of the molecule is Nc1ccc([N+](=O)[O-])cc1[N+](=O)[O-].Oc1ccc2ccccc2c1. The van der Waals surface area contributed by atoms with E-state index in [2.05, 4.69) is 0 Å². The number of benzene rings is 3. The van der Waals surface area contributed by atoms with Crippen molar-refractivity contribution < 1.29 is 15.0 Å². The zero-order valence-corrected chi connectivity index (χ0v) is 12.3. The molecule has 8 heteroatoms. The van der Waals surface area contributed by atoms with Crippen LogP contribution in [0.5, 0.6) is 5.75 Å². The second-order valence-corrected chi connectivity index (χ2v) is 4.79. The van der Waals surface area contributed by atoms with Crippen molar-refractivity contribution in [2.75, 3.05) is 5.73 Å².